The Bertz CT molecular complexity index is 1190. The molecule has 4 N–H and O–H groups in total. The van der Waals surface area contributed by atoms with Gasteiger partial charge in [0.15, 0.2) is 12.6 Å². The first kappa shape index (κ1) is 45.1. The Balaban J connectivity index is 2.22. The van der Waals surface area contributed by atoms with E-state index in [2.05, 4.69) is 0 Å². The summed E-state index contributed by atoms with van der Waals surface area (Å²) in [6.45, 7) is 17.1. The molecule has 3 aliphatic heterocycles. The number of carbonyl (C=O) groups excluding carboxylic acids is 2. The number of esters is 1. The summed E-state index contributed by atoms with van der Waals surface area (Å²) in [4.78, 5) is 30.1. The number of carbonyl (C=O) groups is 2. The second kappa shape index (κ2) is 17.7. The van der Waals surface area contributed by atoms with Crippen LogP contribution in [-0.4, -0.2) is 150 Å². The van der Waals surface area contributed by atoms with Crippen molar-refractivity contribution < 1.29 is 63.2 Å². The monoisotopic (exact) mass is 748 g/mol. The first-order valence-electron chi connectivity index (χ1n) is 18.9. The summed E-state index contributed by atoms with van der Waals surface area (Å²) in [6, 6.07) is -0.283. The van der Waals surface area contributed by atoms with E-state index in [1.807, 2.05) is 32.8 Å². The molecule has 14 heteroatoms. The minimum absolute atomic E-state index is 0.111. The number of rotatable bonds is 8. The van der Waals surface area contributed by atoms with Gasteiger partial charge in [0.05, 0.1) is 47.6 Å². The number of cyclic esters (lactones) is 1. The Morgan fingerprint density at radius 3 is 1.98 bits per heavy atom. The zero-order valence-corrected chi connectivity index (χ0v) is 33.9. The van der Waals surface area contributed by atoms with E-state index in [1.54, 1.807) is 48.5 Å². The SMILES string of the molecule is CCC1OC(=O)[C@H](C)C(O[C@H]2C[C@@](C)(OC)[C@@H](O)[C@H](C)O2)[C@H](C)[C@@H](O[C@@H]2O[C@H](C)C[C@H](N(C)[13CH3])[C@H]2O)[C@](C)(OC)C[C@@H](C)C(=O)[C@H](C)[C@@H](O)[C@]1(C)O. The van der Waals surface area contributed by atoms with Crippen molar-refractivity contribution in [2.75, 3.05) is 28.3 Å². The molecule has 2 unspecified atom stereocenters. The van der Waals surface area contributed by atoms with Gasteiger partial charge in [0, 0.05) is 44.4 Å². The van der Waals surface area contributed by atoms with Gasteiger partial charge in [0.2, 0.25) is 0 Å². The maximum Gasteiger partial charge on any atom is 0.311 e. The highest BCUT2D eigenvalue weighted by molar-refractivity contribution is 5.83. The van der Waals surface area contributed by atoms with Crippen LogP contribution in [0.1, 0.15) is 94.9 Å². The second-order valence-electron chi connectivity index (χ2n) is 16.6. The Morgan fingerprint density at radius 1 is 0.846 bits per heavy atom. The third kappa shape index (κ3) is 9.38. The lowest BCUT2D eigenvalue weighted by atomic mass is 9.74. The number of nitrogens with zero attached hydrogens (tertiary/aromatic N) is 1. The highest BCUT2D eigenvalue weighted by Crippen LogP contribution is 2.41. The van der Waals surface area contributed by atoms with Gasteiger partial charge in [0.25, 0.3) is 0 Å². The molecule has 3 aliphatic rings. The first-order valence-corrected chi connectivity index (χ1v) is 18.9. The molecule has 0 spiro atoms. The van der Waals surface area contributed by atoms with E-state index in [0.717, 1.165) is 0 Å². The number of ketones is 1. The Morgan fingerprint density at radius 2 is 1.44 bits per heavy atom. The Kier molecular flexibility index (Phi) is 15.3. The van der Waals surface area contributed by atoms with Crippen molar-refractivity contribution in [3.05, 3.63) is 0 Å². The molecule has 3 fully saturated rings. The standard InChI is InChI=1S/C38H69NO13/c1-15-26-38(10,45)31(42)21(4)28(40)19(2)17-37(9,47-14)33(52-35-29(41)25(39(11)12)16-20(3)48-35)22(5)30(23(6)34(44)50-26)51-27-18-36(8,46-13)32(43)24(7)49-27/h19-27,29-33,35,41-43,45H,15-18H2,1-14H3/t19-,20-,21+,22+,23-,24+,25+,26?,27+,29-,30?,31-,32+,33-,35+,36-,37-,38-/m1/s1/i11+1. The zero-order valence-electron chi connectivity index (χ0n) is 33.9. The molecule has 3 rings (SSSR count). The van der Waals surface area contributed by atoms with Crippen LogP contribution in [0.4, 0.5) is 0 Å². The molecular formula is C38H69NO13. The molecule has 3 saturated heterocycles. The molecule has 0 aromatic carbocycles. The highest BCUT2D eigenvalue weighted by atomic mass is 16.7. The van der Waals surface area contributed by atoms with E-state index in [4.69, 9.17) is 33.2 Å². The molecule has 0 aliphatic carbocycles. The van der Waals surface area contributed by atoms with E-state index in [9.17, 15) is 30.0 Å². The molecule has 3 heterocycles. The lowest BCUT2D eigenvalue weighted by Gasteiger charge is -2.50. The molecule has 0 bridgehead atoms. The first-order chi connectivity index (χ1) is 24.0. The third-order valence-electron chi connectivity index (χ3n) is 12.3. The molecule has 304 valence electrons. The molecule has 18 atom stereocenters. The third-order valence-corrected chi connectivity index (χ3v) is 12.3. The summed E-state index contributed by atoms with van der Waals surface area (Å²) in [5.41, 5.74) is -4.24. The van der Waals surface area contributed by atoms with Crippen LogP contribution in [-0.2, 0) is 42.7 Å². The van der Waals surface area contributed by atoms with E-state index >= 15 is 0 Å². The van der Waals surface area contributed by atoms with Crippen molar-refractivity contribution >= 4 is 11.8 Å². The molecule has 0 amide bonds. The molecule has 0 aromatic heterocycles. The van der Waals surface area contributed by atoms with Crippen molar-refractivity contribution in [1.29, 1.82) is 0 Å². The minimum Gasteiger partial charge on any atom is -0.459 e. The van der Waals surface area contributed by atoms with Crippen LogP contribution < -0.4 is 0 Å². The molecule has 0 radical (unpaired) electrons. The summed E-state index contributed by atoms with van der Waals surface area (Å²) < 4.78 is 43.9. The summed E-state index contributed by atoms with van der Waals surface area (Å²) in [6.07, 6.45) is -8.73. The van der Waals surface area contributed by atoms with Crippen LogP contribution in [0.5, 0.6) is 0 Å². The maximum absolute atomic E-state index is 14.2. The van der Waals surface area contributed by atoms with E-state index in [-0.39, 0.29) is 37.2 Å². The van der Waals surface area contributed by atoms with Crippen molar-refractivity contribution in [3.8, 4) is 0 Å². The van der Waals surface area contributed by atoms with Crippen LogP contribution in [0.15, 0.2) is 0 Å². The van der Waals surface area contributed by atoms with Crippen LogP contribution >= 0.6 is 0 Å². The summed E-state index contributed by atoms with van der Waals surface area (Å²) in [5.74, 6) is -4.47. The average molecular weight is 749 g/mol. The molecule has 14 nitrogen and oxygen atoms in total. The summed E-state index contributed by atoms with van der Waals surface area (Å²) in [7, 11) is 6.77. The topological polar surface area (TPSA) is 183 Å². The van der Waals surface area contributed by atoms with Crippen LogP contribution in [0, 0.1) is 23.7 Å². The van der Waals surface area contributed by atoms with E-state index < -0.39 is 102 Å². The van der Waals surface area contributed by atoms with Crippen molar-refractivity contribution in [2.45, 2.75) is 179 Å². The second-order valence-corrected chi connectivity index (χ2v) is 16.6. The quantitative estimate of drug-likeness (QED) is 0.210. The van der Waals surface area contributed by atoms with Gasteiger partial charge in [-0.05, 0) is 74.9 Å². The number of ether oxygens (including phenoxy) is 7. The van der Waals surface area contributed by atoms with Crippen LogP contribution in [0.25, 0.3) is 0 Å². The normalized spacial score (nSPS) is 49.0. The zero-order chi connectivity index (χ0) is 39.7. The highest BCUT2D eigenvalue weighted by Gasteiger charge is 2.54. The lowest BCUT2D eigenvalue weighted by Crippen LogP contribution is -2.61. The summed E-state index contributed by atoms with van der Waals surface area (Å²) >= 11 is 0. The van der Waals surface area contributed by atoms with Gasteiger partial charge < -0.3 is 58.5 Å². The van der Waals surface area contributed by atoms with Crippen LogP contribution in [0.2, 0.25) is 0 Å². The van der Waals surface area contributed by atoms with Crippen LogP contribution in [0.3, 0.4) is 0 Å². The predicted octanol–water partition coefficient (Wildman–Crippen LogP) is 2.44. The number of aliphatic hydroxyl groups excluding tert-OH is 3. The predicted molar refractivity (Wildman–Crippen MR) is 191 cm³/mol. The number of hydrogen-bond donors (Lipinski definition) is 4. The molecule has 0 aromatic rings. The van der Waals surface area contributed by atoms with Crippen molar-refractivity contribution in [2.24, 2.45) is 23.7 Å². The Labute approximate surface area is 310 Å². The summed E-state index contributed by atoms with van der Waals surface area (Å²) in [5, 5.41) is 45.6. The number of hydrogen-bond acceptors (Lipinski definition) is 14. The van der Waals surface area contributed by atoms with Gasteiger partial charge in [-0.3, -0.25) is 9.59 Å². The van der Waals surface area contributed by atoms with Crippen molar-refractivity contribution in [1.82, 2.24) is 4.90 Å². The van der Waals surface area contributed by atoms with Gasteiger partial charge in [-0.15, -0.1) is 0 Å². The smallest absolute Gasteiger partial charge is 0.311 e. The minimum atomic E-state index is -1.96. The maximum atomic E-state index is 14.2. The van der Waals surface area contributed by atoms with Gasteiger partial charge in [-0.25, -0.2) is 0 Å². The van der Waals surface area contributed by atoms with Crippen molar-refractivity contribution in [3.63, 3.8) is 0 Å². The number of Topliss-reactive ketones (excluding diaryl/α,β-unsaturated/α-hetero) is 1. The Hall–Kier alpha value is -1.30. The lowest BCUT2D eigenvalue weighted by molar-refractivity contribution is -0.319. The largest absolute Gasteiger partial charge is 0.459 e. The average Bonchev–Trinajstić information content (AvgIpc) is 3.09. The number of likely N-dealkylation sites (N-methyl/N-ethyl adjacent to an activating group) is 1. The number of methoxy groups -OCH3 is 2. The van der Waals surface area contributed by atoms with Gasteiger partial charge in [-0.2, -0.15) is 0 Å². The van der Waals surface area contributed by atoms with Gasteiger partial charge in [-0.1, -0.05) is 27.7 Å². The molecule has 52 heavy (non-hydrogen) atoms. The fourth-order valence-corrected chi connectivity index (χ4v) is 8.58. The van der Waals surface area contributed by atoms with Gasteiger partial charge >= 0.3 is 5.97 Å². The molecular weight excluding hydrogens is 679 g/mol. The number of aliphatic hydroxyl groups is 4. The fraction of sp³-hybridized carbons (Fsp3) is 0.947. The van der Waals surface area contributed by atoms with E-state index in [1.165, 1.54) is 21.1 Å². The molecule has 0 saturated carbocycles. The van der Waals surface area contributed by atoms with E-state index in [0.29, 0.717) is 6.42 Å². The fourth-order valence-electron chi connectivity index (χ4n) is 8.58. The van der Waals surface area contributed by atoms with Gasteiger partial charge in [0.1, 0.15) is 29.7 Å².